The van der Waals surface area contributed by atoms with E-state index in [1.54, 1.807) is 11.3 Å². The van der Waals surface area contributed by atoms with Gasteiger partial charge in [0.05, 0.1) is 0 Å². The van der Waals surface area contributed by atoms with E-state index in [1.807, 2.05) is 6.07 Å². The zero-order valence-electron chi connectivity index (χ0n) is 10.9. The van der Waals surface area contributed by atoms with Gasteiger partial charge in [0.1, 0.15) is 15.8 Å². The van der Waals surface area contributed by atoms with Crippen molar-refractivity contribution < 1.29 is 4.39 Å². The first kappa shape index (κ1) is 14.1. The van der Waals surface area contributed by atoms with Crippen molar-refractivity contribution in [2.45, 2.75) is 31.7 Å². The number of aromatic nitrogens is 2. The Kier molecular flexibility index (Phi) is 4.43. The number of halogens is 2. The lowest BCUT2D eigenvalue weighted by Crippen LogP contribution is -2.17. The molecule has 0 atom stereocenters. The van der Waals surface area contributed by atoms with Crippen molar-refractivity contribution in [1.82, 2.24) is 15.5 Å². The van der Waals surface area contributed by atoms with Gasteiger partial charge in [-0.2, -0.15) is 0 Å². The maximum Gasteiger partial charge on any atom is 0.147 e. The maximum absolute atomic E-state index is 13.4. The molecule has 0 spiro atoms. The molecular formula is C14H15BrFN3S. The minimum Gasteiger partial charge on any atom is -0.314 e. The molecule has 0 radical (unpaired) electrons. The van der Waals surface area contributed by atoms with Crippen LogP contribution < -0.4 is 5.32 Å². The molecule has 1 heterocycles. The van der Waals surface area contributed by atoms with Gasteiger partial charge in [0, 0.05) is 22.5 Å². The molecule has 0 saturated heterocycles. The molecule has 0 aliphatic heterocycles. The molecule has 1 aromatic carbocycles. The minimum atomic E-state index is -0.264. The quantitative estimate of drug-likeness (QED) is 0.801. The van der Waals surface area contributed by atoms with Crippen LogP contribution in [0.5, 0.6) is 0 Å². The number of nitrogens with zero attached hydrogens (tertiary/aromatic N) is 2. The Labute approximate surface area is 129 Å². The van der Waals surface area contributed by atoms with Gasteiger partial charge in [0.2, 0.25) is 0 Å². The van der Waals surface area contributed by atoms with E-state index < -0.39 is 0 Å². The Morgan fingerprint density at radius 3 is 2.90 bits per heavy atom. The molecule has 1 aromatic heterocycles. The van der Waals surface area contributed by atoms with Crippen LogP contribution in [0.2, 0.25) is 0 Å². The zero-order chi connectivity index (χ0) is 13.9. The molecule has 0 bridgehead atoms. The van der Waals surface area contributed by atoms with Crippen molar-refractivity contribution in [3.63, 3.8) is 0 Å². The standard InChI is InChI=1S/C14H15BrFN3S/c15-10-6-9(7-11(16)8-10)14-19-18-13(20-14)2-1-5-17-12-3-4-12/h6-8,12,17H,1-5H2. The Morgan fingerprint density at radius 2 is 2.15 bits per heavy atom. The van der Waals surface area contributed by atoms with Crippen LogP contribution >= 0.6 is 27.3 Å². The van der Waals surface area contributed by atoms with Gasteiger partial charge in [-0.1, -0.05) is 27.3 Å². The van der Waals surface area contributed by atoms with Gasteiger partial charge < -0.3 is 5.32 Å². The van der Waals surface area contributed by atoms with Gasteiger partial charge in [0.25, 0.3) is 0 Å². The highest BCUT2D eigenvalue weighted by Crippen LogP contribution is 2.27. The minimum absolute atomic E-state index is 0.264. The van der Waals surface area contributed by atoms with Crippen LogP contribution in [0.1, 0.15) is 24.3 Å². The van der Waals surface area contributed by atoms with Gasteiger partial charge in [-0.05, 0) is 44.0 Å². The van der Waals surface area contributed by atoms with Crippen molar-refractivity contribution in [2.75, 3.05) is 6.54 Å². The Balaban J connectivity index is 1.60. The molecule has 2 aromatic rings. The Hall–Kier alpha value is -0.850. The number of rotatable bonds is 6. The zero-order valence-corrected chi connectivity index (χ0v) is 13.3. The predicted octanol–water partition coefficient (Wildman–Crippen LogP) is 3.79. The number of aryl methyl sites for hydroxylation is 1. The molecular weight excluding hydrogens is 341 g/mol. The van der Waals surface area contributed by atoms with Crippen LogP contribution in [-0.4, -0.2) is 22.8 Å². The van der Waals surface area contributed by atoms with E-state index in [0.717, 1.165) is 45.5 Å². The lowest BCUT2D eigenvalue weighted by atomic mass is 10.2. The Bertz CT molecular complexity index is 578. The summed E-state index contributed by atoms with van der Waals surface area (Å²) in [6, 6.07) is 5.55. The second-order valence-corrected chi connectivity index (χ2v) is 6.97. The normalized spacial score (nSPS) is 14.7. The highest BCUT2D eigenvalue weighted by molar-refractivity contribution is 9.10. The SMILES string of the molecule is Fc1cc(Br)cc(-c2nnc(CCCNC3CC3)s2)c1. The molecule has 0 amide bonds. The monoisotopic (exact) mass is 355 g/mol. The topological polar surface area (TPSA) is 37.8 Å². The summed E-state index contributed by atoms with van der Waals surface area (Å²) in [4.78, 5) is 0. The van der Waals surface area contributed by atoms with E-state index in [0.29, 0.717) is 0 Å². The predicted molar refractivity (Wildman–Crippen MR) is 82.3 cm³/mol. The van der Waals surface area contributed by atoms with E-state index in [-0.39, 0.29) is 5.82 Å². The lowest BCUT2D eigenvalue weighted by molar-refractivity contribution is 0.627. The second-order valence-electron chi connectivity index (χ2n) is 4.99. The van der Waals surface area contributed by atoms with Crippen molar-refractivity contribution in [3.8, 4) is 10.6 Å². The molecule has 20 heavy (non-hydrogen) atoms. The lowest BCUT2D eigenvalue weighted by Gasteiger charge is -1.99. The van der Waals surface area contributed by atoms with E-state index >= 15 is 0 Å². The third-order valence-corrected chi connectivity index (χ3v) is 4.64. The van der Waals surface area contributed by atoms with Crippen LogP contribution in [0.15, 0.2) is 22.7 Å². The summed E-state index contributed by atoms with van der Waals surface area (Å²) in [7, 11) is 0. The molecule has 1 N–H and O–H groups in total. The maximum atomic E-state index is 13.4. The third-order valence-electron chi connectivity index (χ3n) is 3.15. The second kappa shape index (κ2) is 6.28. The average Bonchev–Trinajstić information content (AvgIpc) is 3.10. The average molecular weight is 356 g/mol. The van der Waals surface area contributed by atoms with E-state index in [2.05, 4.69) is 31.4 Å². The Morgan fingerprint density at radius 1 is 1.30 bits per heavy atom. The highest BCUT2D eigenvalue weighted by atomic mass is 79.9. The highest BCUT2D eigenvalue weighted by Gasteiger charge is 2.19. The van der Waals surface area contributed by atoms with E-state index in [9.17, 15) is 4.39 Å². The fourth-order valence-corrected chi connectivity index (χ4v) is 3.32. The molecule has 6 heteroatoms. The van der Waals surface area contributed by atoms with Crippen LogP contribution in [0.3, 0.4) is 0 Å². The largest absolute Gasteiger partial charge is 0.314 e. The first-order valence-corrected chi connectivity index (χ1v) is 8.34. The summed E-state index contributed by atoms with van der Waals surface area (Å²) in [5.74, 6) is -0.264. The molecule has 106 valence electrons. The number of benzene rings is 1. The van der Waals surface area contributed by atoms with Crippen LogP contribution in [0, 0.1) is 5.82 Å². The fourth-order valence-electron chi connectivity index (χ4n) is 1.98. The van der Waals surface area contributed by atoms with E-state index in [4.69, 9.17) is 0 Å². The van der Waals surface area contributed by atoms with Crippen LogP contribution in [0.25, 0.3) is 10.6 Å². The van der Waals surface area contributed by atoms with Gasteiger partial charge in [-0.3, -0.25) is 0 Å². The first-order valence-electron chi connectivity index (χ1n) is 6.73. The van der Waals surface area contributed by atoms with Crippen molar-refractivity contribution in [3.05, 3.63) is 33.5 Å². The summed E-state index contributed by atoms with van der Waals surface area (Å²) < 4.78 is 14.1. The van der Waals surface area contributed by atoms with Crippen molar-refractivity contribution in [1.29, 1.82) is 0 Å². The smallest absolute Gasteiger partial charge is 0.147 e. The number of hydrogen-bond donors (Lipinski definition) is 1. The summed E-state index contributed by atoms with van der Waals surface area (Å²) in [5.41, 5.74) is 0.775. The van der Waals surface area contributed by atoms with Gasteiger partial charge in [-0.25, -0.2) is 4.39 Å². The van der Waals surface area contributed by atoms with Gasteiger partial charge in [0.15, 0.2) is 0 Å². The molecule has 1 saturated carbocycles. The molecule has 3 nitrogen and oxygen atoms in total. The molecule has 1 aliphatic carbocycles. The summed E-state index contributed by atoms with van der Waals surface area (Å²) in [5, 5.41) is 13.6. The molecule has 3 rings (SSSR count). The third kappa shape index (κ3) is 3.84. The molecule has 1 aliphatic rings. The number of hydrogen-bond acceptors (Lipinski definition) is 4. The molecule has 1 fully saturated rings. The summed E-state index contributed by atoms with van der Waals surface area (Å²) in [6.45, 7) is 1.03. The van der Waals surface area contributed by atoms with Crippen LogP contribution in [0.4, 0.5) is 4.39 Å². The summed E-state index contributed by atoms with van der Waals surface area (Å²) >= 11 is 4.84. The number of nitrogens with one attached hydrogen (secondary N) is 1. The van der Waals surface area contributed by atoms with Gasteiger partial charge in [-0.15, -0.1) is 10.2 Å². The van der Waals surface area contributed by atoms with Crippen molar-refractivity contribution >= 4 is 27.3 Å². The van der Waals surface area contributed by atoms with Crippen molar-refractivity contribution in [2.24, 2.45) is 0 Å². The van der Waals surface area contributed by atoms with E-state index in [1.165, 1.54) is 25.0 Å². The van der Waals surface area contributed by atoms with Crippen LogP contribution in [-0.2, 0) is 6.42 Å². The fraction of sp³-hybridized carbons (Fsp3) is 0.429. The summed E-state index contributed by atoms with van der Waals surface area (Å²) in [6.07, 6.45) is 4.63. The van der Waals surface area contributed by atoms with Gasteiger partial charge >= 0.3 is 0 Å². The first-order chi connectivity index (χ1) is 9.70. The molecule has 0 unspecified atom stereocenters.